The molecule has 0 saturated heterocycles. The lowest BCUT2D eigenvalue weighted by Crippen LogP contribution is -2.15. The summed E-state index contributed by atoms with van der Waals surface area (Å²) in [4.78, 5) is 8.78. The number of rotatable bonds is 4. The Morgan fingerprint density at radius 3 is 2.94 bits per heavy atom. The first-order chi connectivity index (χ1) is 8.31. The summed E-state index contributed by atoms with van der Waals surface area (Å²) < 4.78 is 0. The quantitative estimate of drug-likeness (QED) is 0.662. The van der Waals surface area contributed by atoms with E-state index in [1.54, 1.807) is 6.33 Å². The fraction of sp³-hybridized carbons (Fsp3) is 0.692. The average Bonchev–Trinajstić information content (AvgIpc) is 2.61. The summed E-state index contributed by atoms with van der Waals surface area (Å²) >= 11 is 5.81. The van der Waals surface area contributed by atoms with Crippen molar-refractivity contribution < 1.29 is 0 Å². The molecule has 2 rings (SSSR count). The van der Waals surface area contributed by atoms with E-state index in [-0.39, 0.29) is 0 Å². The standard InChI is InChI=1S/C13H20ClN3/c1-10(7-14)8-15-13-11-5-3-2-4-6-12(11)16-9-17-13/h9-10H,2-8H2,1H3,(H,15,16,17). The molecule has 0 bridgehead atoms. The van der Waals surface area contributed by atoms with Gasteiger partial charge in [0.1, 0.15) is 12.1 Å². The lowest BCUT2D eigenvalue weighted by molar-refractivity contribution is 0.691. The van der Waals surface area contributed by atoms with Gasteiger partial charge in [-0.15, -0.1) is 11.6 Å². The summed E-state index contributed by atoms with van der Waals surface area (Å²) in [5, 5.41) is 3.42. The van der Waals surface area contributed by atoms with Gasteiger partial charge >= 0.3 is 0 Å². The predicted octanol–water partition coefficient (Wildman–Crippen LogP) is 3.03. The molecule has 1 unspecified atom stereocenters. The highest BCUT2D eigenvalue weighted by molar-refractivity contribution is 6.18. The van der Waals surface area contributed by atoms with Gasteiger partial charge in [-0.3, -0.25) is 0 Å². The fourth-order valence-corrected chi connectivity index (χ4v) is 2.28. The average molecular weight is 254 g/mol. The van der Waals surface area contributed by atoms with Crippen LogP contribution in [0.25, 0.3) is 0 Å². The van der Waals surface area contributed by atoms with Crippen LogP contribution in [0, 0.1) is 5.92 Å². The summed E-state index contributed by atoms with van der Waals surface area (Å²) in [6.07, 6.45) is 7.68. The molecule has 0 fully saturated rings. The predicted molar refractivity (Wildman–Crippen MR) is 71.7 cm³/mol. The molecule has 17 heavy (non-hydrogen) atoms. The van der Waals surface area contributed by atoms with Crippen LogP contribution in [0.1, 0.15) is 37.4 Å². The van der Waals surface area contributed by atoms with E-state index >= 15 is 0 Å². The Labute approximate surface area is 108 Å². The van der Waals surface area contributed by atoms with Gasteiger partial charge in [0.05, 0.1) is 0 Å². The summed E-state index contributed by atoms with van der Waals surface area (Å²) in [6, 6.07) is 0. The van der Waals surface area contributed by atoms with Crippen LogP contribution in [0.3, 0.4) is 0 Å². The zero-order valence-electron chi connectivity index (χ0n) is 10.4. The van der Waals surface area contributed by atoms with Gasteiger partial charge in [-0.1, -0.05) is 13.3 Å². The van der Waals surface area contributed by atoms with Crippen molar-refractivity contribution in [2.45, 2.75) is 39.0 Å². The van der Waals surface area contributed by atoms with Crippen molar-refractivity contribution in [3.63, 3.8) is 0 Å². The van der Waals surface area contributed by atoms with Crippen LogP contribution in [-0.4, -0.2) is 22.4 Å². The van der Waals surface area contributed by atoms with Crippen LogP contribution in [0.2, 0.25) is 0 Å². The Balaban J connectivity index is 2.11. The molecule has 0 aliphatic heterocycles. The van der Waals surface area contributed by atoms with E-state index < -0.39 is 0 Å². The number of nitrogens with zero attached hydrogens (tertiary/aromatic N) is 2. The first-order valence-electron chi connectivity index (χ1n) is 6.44. The minimum absolute atomic E-state index is 0.466. The molecular formula is C13H20ClN3. The van der Waals surface area contributed by atoms with Gasteiger partial charge in [0.15, 0.2) is 0 Å². The molecule has 3 nitrogen and oxygen atoms in total. The largest absolute Gasteiger partial charge is 0.369 e. The molecule has 1 aromatic heterocycles. The Bertz CT molecular complexity index is 368. The minimum atomic E-state index is 0.466. The van der Waals surface area contributed by atoms with E-state index in [2.05, 4.69) is 22.2 Å². The molecule has 0 radical (unpaired) electrons. The molecule has 94 valence electrons. The van der Waals surface area contributed by atoms with Crippen molar-refractivity contribution in [3.05, 3.63) is 17.6 Å². The highest BCUT2D eigenvalue weighted by Gasteiger charge is 2.14. The number of alkyl halides is 1. The lowest BCUT2D eigenvalue weighted by atomic mass is 10.1. The Morgan fingerprint density at radius 1 is 1.29 bits per heavy atom. The molecule has 0 aromatic carbocycles. The van der Waals surface area contributed by atoms with E-state index in [9.17, 15) is 0 Å². The summed E-state index contributed by atoms with van der Waals surface area (Å²) in [6.45, 7) is 3.02. The number of aromatic nitrogens is 2. The molecule has 1 aliphatic carbocycles. The van der Waals surface area contributed by atoms with Crippen molar-refractivity contribution in [3.8, 4) is 0 Å². The van der Waals surface area contributed by atoms with Crippen LogP contribution in [0.4, 0.5) is 5.82 Å². The monoisotopic (exact) mass is 253 g/mol. The van der Waals surface area contributed by atoms with Gasteiger partial charge in [0.2, 0.25) is 0 Å². The molecular weight excluding hydrogens is 234 g/mol. The molecule has 0 saturated carbocycles. The third kappa shape index (κ3) is 3.32. The van der Waals surface area contributed by atoms with Gasteiger partial charge in [0.25, 0.3) is 0 Å². The highest BCUT2D eigenvalue weighted by Crippen LogP contribution is 2.23. The maximum absolute atomic E-state index is 5.81. The second-order valence-electron chi connectivity index (χ2n) is 4.85. The smallest absolute Gasteiger partial charge is 0.132 e. The van der Waals surface area contributed by atoms with Gasteiger partial charge < -0.3 is 5.32 Å². The molecule has 0 amide bonds. The molecule has 4 heteroatoms. The number of anilines is 1. The first-order valence-corrected chi connectivity index (χ1v) is 6.97. The zero-order valence-corrected chi connectivity index (χ0v) is 11.1. The third-order valence-corrected chi connectivity index (χ3v) is 3.78. The van der Waals surface area contributed by atoms with Crippen molar-refractivity contribution >= 4 is 17.4 Å². The molecule has 1 aliphatic rings. The lowest BCUT2D eigenvalue weighted by Gasteiger charge is -2.14. The molecule has 1 aromatic rings. The van der Waals surface area contributed by atoms with Crippen molar-refractivity contribution in [1.29, 1.82) is 0 Å². The number of aryl methyl sites for hydroxylation is 1. The van der Waals surface area contributed by atoms with E-state index in [4.69, 9.17) is 11.6 Å². The Morgan fingerprint density at radius 2 is 2.12 bits per heavy atom. The van der Waals surface area contributed by atoms with Gasteiger partial charge in [-0.25, -0.2) is 9.97 Å². The maximum Gasteiger partial charge on any atom is 0.132 e. The van der Waals surface area contributed by atoms with Crippen LogP contribution in [-0.2, 0) is 12.8 Å². The van der Waals surface area contributed by atoms with E-state index in [0.717, 1.165) is 25.2 Å². The number of halogens is 1. The molecule has 1 heterocycles. The summed E-state index contributed by atoms with van der Waals surface area (Å²) in [7, 11) is 0. The number of fused-ring (bicyclic) bond motifs is 1. The summed E-state index contributed by atoms with van der Waals surface area (Å²) in [5.74, 6) is 2.17. The second-order valence-corrected chi connectivity index (χ2v) is 5.16. The highest BCUT2D eigenvalue weighted by atomic mass is 35.5. The molecule has 1 atom stereocenters. The third-order valence-electron chi connectivity index (χ3n) is 3.26. The number of hydrogen-bond donors (Lipinski definition) is 1. The first kappa shape index (κ1) is 12.6. The fourth-order valence-electron chi connectivity index (χ4n) is 2.18. The molecule has 1 N–H and O–H groups in total. The van der Waals surface area contributed by atoms with E-state index in [1.165, 1.54) is 30.5 Å². The summed E-state index contributed by atoms with van der Waals surface area (Å²) in [5.41, 5.74) is 2.56. The Hall–Kier alpha value is -0.830. The van der Waals surface area contributed by atoms with Crippen molar-refractivity contribution in [1.82, 2.24) is 9.97 Å². The van der Waals surface area contributed by atoms with Crippen molar-refractivity contribution in [2.24, 2.45) is 5.92 Å². The van der Waals surface area contributed by atoms with Crippen molar-refractivity contribution in [2.75, 3.05) is 17.7 Å². The minimum Gasteiger partial charge on any atom is -0.369 e. The topological polar surface area (TPSA) is 37.8 Å². The van der Waals surface area contributed by atoms with Gasteiger partial charge in [-0.05, 0) is 31.6 Å². The number of nitrogens with one attached hydrogen (secondary N) is 1. The van der Waals surface area contributed by atoms with Gasteiger partial charge in [-0.2, -0.15) is 0 Å². The maximum atomic E-state index is 5.81. The van der Waals surface area contributed by atoms with Crippen LogP contribution in [0.15, 0.2) is 6.33 Å². The van der Waals surface area contributed by atoms with E-state index in [1.807, 2.05) is 0 Å². The van der Waals surface area contributed by atoms with Crippen LogP contribution in [0.5, 0.6) is 0 Å². The Kier molecular flexibility index (Phi) is 4.60. The molecule has 0 spiro atoms. The van der Waals surface area contributed by atoms with Crippen LogP contribution >= 0.6 is 11.6 Å². The number of hydrogen-bond acceptors (Lipinski definition) is 3. The van der Waals surface area contributed by atoms with Gasteiger partial charge in [0, 0.05) is 23.7 Å². The normalized spacial score (nSPS) is 17.1. The second kappa shape index (κ2) is 6.20. The zero-order chi connectivity index (χ0) is 12.1. The SMILES string of the molecule is CC(CCl)CNc1ncnc2c1CCCCC2. The van der Waals surface area contributed by atoms with Crippen LogP contribution < -0.4 is 5.32 Å². The van der Waals surface area contributed by atoms with E-state index in [0.29, 0.717) is 11.8 Å².